The van der Waals surface area contributed by atoms with Crippen molar-refractivity contribution < 1.29 is 4.74 Å². The quantitative estimate of drug-likeness (QED) is 0.548. The van der Waals surface area contributed by atoms with E-state index in [9.17, 15) is 0 Å². The number of fused-ring (bicyclic) bond motifs is 1. The molecule has 24 heavy (non-hydrogen) atoms. The Bertz CT molecular complexity index is 1000. The summed E-state index contributed by atoms with van der Waals surface area (Å²) >= 11 is 0. The molecule has 4 nitrogen and oxygen atoms in total. The van der Waals surface area contributed by atoms with Crippen molar-refractivity contribution in [3.8, 4) is 28.0 Å². The van der Waals surface area contributed by atoms with Crippen LogP contribution in [0.3, 0.4) is 0 Å². The van der Waals surface area contributed by atoms with E-state index in [4.69, 9.17) is 10.5 Å². The van der Waals surface area contributed by atoms with Crippen molar-refractivity contribution in [3.05, 3.63) is 67.0 Å². The average molecular weight is 315 g/mol. The Morgan fingerprint density at radius 1 is 0.958 bits per heavy atom. The number of aromatic nitrogens is 2. The number of pyridine rings is 1. The number of nitrogens with two attached hydrogens (primary N) is 1. The largest absolute Gasteiger partial charge is 0.497 e. The predicted octanol–water partition coefficient (Wildman–Crippen LogP) is 4.49. The number of methoxy groups -OCH3 is 1. The van der Waals surface area contributed by atoms with Crippen LogP contribution in [0.1, 0.15) is 0 Å². The summed E-state index contributed by atoms with van der Waals surface area (Å²) in [5.74, 6) is 0.845. The van der Waals surface area contributed by atoms with Gasteiger partial charge in [-0.2, -0.15) is 0 Å². The molecule has 4 heteroatoms. The van der Waals surface area contributed by atoms with Crippen molar-refractivity contribution in [2.75, 3.05) is 12.8 Å². The van der Waals surface area contributed by atoms with Crippen LogP contribution in [0, 0.1) is 0 Å². The standard InChI is InChI=1S/C20H17N3O/c1-24-17-7-5-13(6-8-17)19-12-23-20-18(19)10-15(11-22-20)14-3-2-4-16(21)9-14/h2-12H,21H2,1H3,(H,22,23). The Morgan fingerprint density at radius 3 is 2.54 bits per heavy atom. The molecule has 0 fully saturated rings. The molecule has 0 saturated carbocycles. The Morgan fingerprint density at radius 2 is 1.79 bits per heavy atom. The third-order valence-electron chi connectivity index (χ3n) is 4.15. The van der Waals surface area contributed by atoms with E-state index in [1.807, 2.05) is 48.8 Å². The first kappa shape index (κ1) is 14.3. The molecule has 0 aliphatic heterocycles. The van der Waals surface area contributed by atoms with Gasteiger partial charge < -0.3 is 15.5 Å². The summed E-state index contributed by atoms with van der Waals surface area (Å²) < 4.78 is 5.23. The first-order valence-electron chi connectivity index (χ1n) is 7.72. The number of nitrogens with zero attached hydrogens (tertiary/aromatic N) is 1. The SMILES string of the molecule is COc1ccc(-c2c[nH]c3ncc(-c4cccc(N)c4)cc23)cc1. The lowest BCUT2D eigenvalue weighted by Crippen LogP contribution is -1.86. The molecule has 3 N–H and O–H groups in total. The number of nitrogens with one attached hydrogen (secondary N) is 1. The van der Waals surface area contributed by atoms with Gasteiger partial charge in [0.1, 0.15) is 11.4 Å². The second-order valence-electron chi connectivity index (χ2n) is 5.68. The third-order valence-corrected chi connectivity index (χ3v) is 4.15. The van der Waals surface area contributed by atoms with Crippen LogP contribution in [0.2, 0.25) is 0 Å². The molecule has 0 aliphatic carbocycles. The lowest BCUT2D eigenvalue weighted by molar-refractivity contribution is 0.415. The van der Waals surface area contributed by atoms with Crippen molar-refractivity contribution in [1.29, 1.82) is 0 Å². The van der Waals surface area contributed by atoms with E-state index in [-0.39, 0.29) is 0 Å². The van der Waals surface area contributed by atoms with Gasteiger partial charge in [0.05, 0.1) is 7.11 Å². The van der Waals surface area contributed by atoms with E-state index in [1.165, 1.54) is 0 Å². The zero-order valence-electron chi connectivity index (χ0n) is 13.3. The Balaban J connectivity index is 1.83. The number of H-pyrrole nitrogens is 1. The van der Waals surface area contributed by atoms with E-state index in [0.717, 1.165) is 44.7 Å². The van der Waals surface area contributed by atoms with Crippen LogP contribution in [0.15, 0.2) is 67.0 Å². The first-order chi connectivity index (χ1) is 11.7. The van der Waals surface area contributed by atoms with Crippen molar-refractivity contribution in [2.24, 2.45) is 0 Å². The summed E-state index contributed by atoms with van der Waals surface area (Å²) in [5, 5.41) is 1.08. The summed E-state index contributed by atoms with van der Waals surface area (Å²) in [7, 11) is 1.67. The minimum Gasteiger partial charge on any atom is -0.497 e. The zero-order valence-corrected chi connectivity index (χ0v) is 13.3. The van der Waals surface area contributed by atoms with Crippen LogP contribution in [-0.4, -0.2) is 17.1 Å². The van der Waals surface area contributed by atoms with Crippen LogP contribution in [0.4, 0.5) is 5.69 Å². The van der Waals surface area contributed by atoms with E-state index >= 15 is 0 Å². The zero-order chi connectivity index (χ0) is 16.5. The summed E-state index contributed by atoms with van der Waals surface area (Å²) in [5.41, 5.74) is 11.9. The first-order valence-corrected chi connectivity index (χ1v) is 7.72. The summed E-state index contributed by atoms with van der Waals surface area (Å²) in [6.07, 6.45) is 3.86. The molecule has 0 bridgehead atoms. The van der Waals surface area contributed by atoms with Crippen LogP contribution >= 0.6 is 0 Å². The van der Waals surface area contributed by atoms with E-state index < -0.39 is 0 Å². The molecule has 0 spiro atoms. The Kier molecular flexibility index (Phi) is 3.43. The van der Waals surface area contributed by atoms with Gasteiger partial charge in [-0.25, -0.2) is 4.98 Å². The van der Waals surface area contributed by atoms with E-state index in [2.05, 4.69) is 28.2 Å². The molecule has 2 aromatic heterocycles. The molecule has 118 valence electrons. The average Bonchev–Trinajstić information content (AvgIpc) is 3.05. The highest BCUT2D eigenvalue weighted by molar-refractivity contribution is 5.95. The fraction of sp³-hybridized carbons (Fsp3) is 0.0500. The predicted molar refractivity (Wildman–Crippen MR) is 97.9 cm³/mol. The minimum absolute atomic E-state index is 0.747. The number of benzene rings is 2. The van der Waals surface area contributed by atoms with Crippen LogP contribution in [0.5, 0.6) is 5.75 Å². The molecule has 0 aliphatic rings. The number of rotatable bonds is 3. The molecule has 4 rings (SSSR count). The summed E-state index contributed by atoms with van der Waals surface area (Å²) in [6.45, 7) is 0. The van der Waals surface area contributed by atoms with Gasteiger partial charge in [-0.05, 0) is 41.5 Å². The molecule has 0 amide bonds. The van der Waals surface area contributed by atoms with Gasteiger partial charge in [0.2, 0.25) is 0 Å². The van der Waals surface area contributed by atoms with Crippen molar-refractivity contribution >= 4 is 16.7 Å². The smallest absolute Gasteiger partial charge is 0.137 e. The van der Waals surface area contributed by atoms with Gasteiger partial charge >= 0.3 is 0 Å². The summed E-state index contributed by atoms with van der Waals surface area (Å²) in [6, 6.07) is 18.0. The topological polar surface area (TPSA) is 63.9 Å². The van der Waals surface area contributed by atoms with Gasteiger partial charge in [0.15, 0.2) is 0 Å². The molecule has 2 aromatic carbocycles. The van der Waals surface area contributed by atoms with Crippen LogP contribution in [-0.2, 0) is 0 Å². The highest BCUT2D eigenvalue weighted by atomic mass is 16.5. The van der Waals surface area contributed by atoms with Crippen LogP contribution in [0.25, 0.3) is 33.3 Å². The number of ether oxygens (including phenoxy) is 1. The number of nitrogen functional groups attached to an aromatic ring is 1. The monoisotopic (exact) mass is 315 g/mol. The van der Waals surface area contributed by atoms with Crippen molar-refractivity contribution in [1.82, 2.24) is 9.97 Å². The molecule has 2 heterocycles. The number of anilines is 1. The third kappa shape index (κ3) is 2.48. The van der Waals surface area contributed by atoms with Crippen molar-refractivity contribution in [2.45, 2.75) is 0 Å². The van der Waals surface area contributed by atoms with Gasteiger partial charge in [-0.1, -0.05) is 24.3 Å². The second kappa shape index (κ2) is 5.74. The molecule has 0 atom stereocenters. The molecular weight excluding hydrogens is 298 g/mol. The molecular formula is C20H17N3O. The highest BCUT2D eigenvalue weighted by Gasteiger charge is 2.09. The normalized spacial score (nSPS) is 10.9. The number of aromatic amines is 1. The van der Waals surface area contributed by atoms with E-state index in [1.54, 1.807) is 7.11 Å². The number of hydrogen-bond acceptors (Lipinski definition) is 3. The second-order valence-corrected chi connectivity index (χ2v) is 5.68. The molecule has 0 unspecified atom stereocenters. The molecule has 0 saturated heterocycles. The Labute approximate surface area is 139 Å². The maximum absolute atomic E-state index is 5.90. The fourth-order valence-corrected chi connectivity index (χ4v) is 2.89. The van der Waals surface area contributed by atoms with Gasteiger partial charge in [-0.15, -0.1) is 0 Å². The molecule has 0 radical (unpaired) electrons. The van der Waals surface area contributed by atoms with Crippen LogP contribution < -0.4 is 10.5 Å². The highest BCUT2D eigenvalue weighted by Crippen LogP contribution is 2.32. The number of hydrogen-bond donors (Lipinski definition) is 2. The minimum atomic E-state index is 0.747. The van der Waals surface area contributed by atoms with Gasteiger partial charge in [0, 0.05) is 34.6 Å². The summed E-state index contributed by atoms with van der Waals surface area (Å²) in [4.78, 5) is 7.78. The fourth-order valence-electron chi connectivity index (χ4n) is 2.89. The van der Waals surface area contributed by atoms with Gasteiger partial charge in [-0.3, -0.25) is 0 Å². The lowest BCUT2D eigenvalue weighted by Gasteiger charge is -2.05. The van der Waals surface area contributed by atoms with Crippen molar-refractivity contribution in [3.63, 3.8) is 0 Å². The maximum atomic E-state index is 5.90. The van der Waals surface area contributed by atoms with E-state index in [0.29, 0.717) is 0 Å². The molecule has 4 aromatic rings. The Hall–Kier alpha value is -3.27. The lowest BCUT2D eigenvalue weighted by atomic mass is 10.0. The van der Waals surface area contributed by atoms with Gasteiger partial charge in [0.25, 0.3) is 0 Å². The maximum Gasteiger partial charge on any atom is 0.137 e.